The molecule has 3 aromatic heterocycles. The second-order valence-corrected chi connectivity index (χ2v) is 6.40. The van der Waals surface area contributed by atoms with Gasteiger partial charge in [-0.2, -0.15) is 5.10 Å². The number of aromatic amines is 1. The third-order valence-corrected chi connectivity index (χ3v) is 4.67. The molecule has 0 bridgehead atoms. The summed E-state index contributed by atoms with van der Waals surface area (Å²) in [6.45, 7) is 1.87. The SMILES string of the molecule is COc1cncc(-c2cc(C)c3c(n2)C(OCCO)N(c2cc[nH]n2)C3O)c1. The van der Waals surface area contributed by atoms with Crippen molar-refractivity contribution in [3.63, 3.8) is 0 Å². The molecule has 3 N–H and O–H groups in total. The number of H-pyrrole nitrogens is 1. The Morgan fingerprint density at radius 3 is 2.86 bits per heavy atom. The number of nitrogens with one attached hydrogen (secondary N) is 1. The number of methoxy groups -OCH3 is 1. The van der Waals surface area contributed by atoms with Crippen molar-refractivity contribution in [2.24, 2.45) is 0 Å². The van der Waals surface area contributed by atoms with E-state index in [-0.39, 0.29) is 13.2 Å². The van der Waals surface area contributed by atoms with Crippen LogP contribution in [0, 0.1) is 6.92 Å². The van der Waals surface area contributed by atoms with E-state index in [2.05, 4.69) is 15.2 Å². The van der Waals surface area contributed by atoms with Crippen molar-refractivity contribution in [1.82, 2.24) is 20.2 Å². The molecule has 0 aromatic carbocycles. The lowest BCUT2D eigenvalue weighted by Crippen LogP contribution is -2.29. The van der Waals surface area contributed by atoms with E-state index in [1.165, 1.54) is 0 Å². The summed E-state index contributed by atoms with van der Waals surface area (Å²) in [4.78, 5) is 10.6. The maximum atomic E-state index is 11.0. The summed E-state index contributed by atoms with van der Waals surface area (Å²) in [6.07, 6.45) is 3.35. The summed E-state index contributed by atoms with van der Waals surface area (Å²) in [5, 5.41) is 27.1. The molecule has 0 aliphatic carbocycles. The van der Waals surface area contributed by atoms with Gasteiger partial charge in [0.25, 0.3) is 0 Å². The van der Waals surface area contributed by atoms with Crippen LogP contribution in [0.25, 0.3) is 11.3 Å². The Balaban J connectivity index is 1.82. The van der Waals surface area contributed by atoms with Gasteiger partial charge in [0, 0.05) is 29.6 Å². The third kappa shape index (κ3) is 3.09. The van der Waals surface area contributed by atoms with Crippen molar-refractivity contribution in [2.45, 2.75) is 19.4 Å². The van der Waals surface area contributed by atoms with Crippen molar-refractivity contribution < 1.29 is 19.7 Å². The number of aromatic nitrogens is 4. The molecule has 146 valence electrons. The van der Waals surface area contributed by atoms with Gasteiger partial charge in [-0.25, -0.2) is 4.98 Å². The van der Waals surface area contributed by atoms with Crippen LogP contribution in [0.15, 0.2) is 36.8 Å². The summed E-state index contributed by atoms with van der Waals surface area (Å²) in [7, 11) is 1.58. The zero-order valence-electron chi connectivity index (χ0n) is 15.5. The van der Waals surface area contributed by atoms with Crippen molar-refractivity contribution in [2.75, 3.05) is 25.2 Å². The minimum Gasteiger partial charge on any atom is -0.495 e. The number of pyridine rings is 2. The molecule has 9 nitrogen and oxygen atoms in total. The van der Waals surface area contributed by atoms with E-state index < -0.39 is 12.5 Å². The Hall–Kier alpha value is -3.01. The monoisotopic (exact) mass is 383 g/mol. The first-order valence-electron chi connectivity index (χ1n) is 8.83. The summed E-state index contributed by atoms with van der Waals surface area (Å²) >= 11 is 0. The maximum Gasteiger partial charge on any atom is 0.177 e. The Kier molecular flexibility index (Phi) is 4.95. The predicted molar refractivity (Wildman–Crippen MR) is 101 cm³/mol. The molecule has 3 aromatic rings. The summed E-state index contributed by atoms with van der Waals surface area (Å²) in [5.74, 6) is 1.15. The van der Waals surface area contributed by atoms with E-state index in [0.29, 0.717) is 28.5 Å². The number of hydrogen-bond donors (Lipinski definition) is 3. The molecular weight excluding hydrogens is 362 g/mol. The predicted octanol–water partition coefficient (Wildman–Crippen LogP) is 1.70. The van der Waals surface area contributed by atoms with E-state index >= 15 is 0 Å². The second kappa shape index (κ2) is 7.55. The fraction of sp³-hybridized carbons (Fsp3) is 0.316. The van der Waals surface area contributed by atoms with Crippen LogP contribution in [0.2, 0.25) is 0 Å². The van der Waals surface area contributed by atoms with E-state index in [4.69, 9.17) is 14.5 Å². The number of nitrogens with zero attached hydrogens (tertiary/aromatic N) is 4. The molecule has 2 unspecified atom stereocenters. The van der Waals surface area contributed by atoms with E-state index in [0.717, 1.165) is 11.1 Å². The van der Waals surface area contributed by atoms with Crippen molar-refractivity contribution in [3.05, 3.63) is 53.6 Å². The van der Waals surface area contributed by atoms with Gasteiger partial charge in [-0.05, 0) is 24.6 Å². The molecule has 28 heavy (non-hydrogen) atoms. The van der Waals surface area contributed by atoms with Gasteiger partial charge >= 0.3 is 0 Å². The molecule has 1 aliphatic heterocycles. The molecule has 0 spiro atoms. The molecule has 2 atom stereocenters. The van der Waals surface area contributed by atoms with Gasteiger partial charge < -0.3 is 19.7 Å². The third-order valence-electron chi connectivity index (χ3n) is 4.67. The molecule has 0 amide bonds. The van der Waals surface area contributed by atoms with Gasteiger partial charge in [0.1, 0.15) is 5.75 Å². The van der Waals surface area contributed by atoms with Crippen LogP contribution >= 0.6 is 0 Å². The number of fused-ring (bicyclic) bond motifs is 1. The molecule has 4 rings (SSSR count). The van der Waals surface area contributed by atoms with Crippen LogP contribution in [0.3, 0.4) is 0 Å². The number of hydrogen-bond acceptors (Lipinski definition) is 8. The first kappa shape index (κ1) is 18.4. The van der Waals surface area contributed by atoms with Gasteiger partial charge in [-0.3, -0.25) is 15.0 Å². The van der Waals surface area contributed by atoms with Crippen LogP contribution in [0.1, 0.15) is 29.3 Å². The molecule has 0 saturated heterocycles. The smallest absolute Gasteiger partial charge is 0.177 e. The highest BCUT2D eigenvalue weighted by Crippen LogP contribution is 2.45. The van der Waals surface area contributed by atoms with E-state index in [1.54, 1.807) is 36.7 Å². The summed E-state index contributed by atoms with van der Waals surface area (Å²) in [5.41, 5.74) is 3.61. The lowest BCUT2D eigenvalue weighted by molar-refractivity contribution is 0.0108. The van der Waals surface area contributed by atoms with Gasteiger partial charge in [0.05, 0.1) is 37.9 Å². The lowest BCUT2D eigenvalue weighted by Gasteiger charge is -2.27. The standard InChI is InChI=1S/C19H21N5O4/c1-11-7-14(12-8-13(27-2)10-20-9-12)22-17-16(11)18(26)24(15-3-4-21-23-15)19(17)28-6-5-25/h3-4,7-10,18-19,25-26H,5-6H2,1-2H3,(H,21,23). The number of aryl methyl sites for hydroxylation is 1. The van der Waals surface area contributed by atoms with Crippen LogP contribution in [0.5, 0.6) is 5.75 Å². The average Bonchev–Trinajstić information content (AvgIpc) is 3.32. The van der Waals surface area contributed by atoms with Crippen LogP contribution in [-0.2, 0) is 4.74 Å². The Labute approximate surface area is 161 Å². The maximum absolute atomic E-state index is 11.0. The van der Waals surface area contributed by atoms with E-state index in [1.807, 2.05) is 19.1 Å². The summed E-state index contributed by atoms with van der Waals surface area (Å²) < 4.78 is 11.1. The summed E-state index contributed by atoms with van der Waals surface area (Å²) in [6, 6.07) is 5.49. The van der Waals surface area contributed by atoms with Crippen LogP contribution in [0.4, 0.5) is 5.82 Å². The Bertz CT molecular complexity index is 963. The quantitative estimate of drug-likeness (QED) is 0.589. The van der Waals surface area contributed by atoms with Crippen molar-refractivity contribution in [3.8, 4) is 17.0 Å². The zero-order chi connectivity index (χ0) is 19.7. The highest BCUT2D eigenvalue weighted by atomic mass is 16.5. The molecule has 1 aliphatic rings. The topological polar surface area (TPSA) is 117 Å². The second-order valence-electron chi connectivity index (χ2n) is 6.40. The van der Waals surface area contributed by atoms with Crippen LogP contribution in [-0.4, -0.2) is 50.7 Å². The van der Waals surface area contributed by atoms with Crippen molar-refractivity contribution >= 4 is 5.82 Å². The zero-order valence-corrected chi connectivity index (χ0v) is 15.5. The number of ether oxygens (including phenoxy) is 2. The first-order valence-corrected chi connectivity index (χ1v) is 8.83. The lowest BCUT2D eigenvalue weighted by atomic mass is 10.0. The highest BCUT2D eigenvalue weighted by Gasteiger charge is 2.42. The first-order chi connectivity index (χ1) is 13.6. The molecule has 0 radical (unpaired) electrons. The number of aliphatic hydroxyl groups is 2. The van der Waals surface area contributed by atoms with Crippen molar-refractivity contribution in [1.29, 1.82) is 0 Å². The minimum absolute atomic E-state index is 0.101. The number of anilines is 1. The number of aliphatic hydroxyl groups excluding tert-OH is 2. The fourth-order valence-corrected chi connectivity index (χ4v) is 3.41. The Morgan fingerprint density at radius 2 is 2.14 bits per heavy atom. The van der Waals surface area contributed by atoms with Gasteiger partial charge in [-0.15, -0.1) is 0 Å². The molecular formula is C19H21N5O4. The Morgan fingerprint density at radius 1 is 1.29 bits per heavy atom. The molecule has 9 heteroatoms. The van der Waals surface area contributed by atoms with Gasteiger partial charge in [0.15, 0.2) is 18.3 Å². The fourth-order valence-electron chi connectivity index (χ4n) is 3.41. The van der Waals surface area contributed by atoms with Gasteiger partial charge in [0.2, 0.25) is 0 Å². The average molecular weight is 383 g/mol. The molecule has 4 heterocycles. The molecule has 0 fully saturated rings. The largest absolute Gasteiger partial charge is 0.495 e. The normalized spacial score (nSPS) is 18.4. The number of rotatable bonds is 6. The van der Waals surface area contributed by atoms with E-state index in [9.17, 15) is 10.2 Å². The highest BCUT2D eigenvalue weighted by molar-refractivity contribution is 5.64. The van der Waals surface area contributed by atoms with Gasteiger partial charge in [-0.1, -0.05) is 0 Å². The van der Waals surface area contributed by atoms with Crippen LogP contribution < -0.4 is 9.64 Å². The molecule has 0 saturated carbocycles. The minimum atomic E-state index is -0.966.